The fourth-order valence-corrected chi connectivity index (χ4v) is 7.60. The van der Waals surface area contributed by atoms with Gasteiger partial charge in [0.15, 0.2) is 0 Å². The van der Waals surface area contributed by atoms with Crippen molar-refractivity contribution < 1.29 is 4.39 Å². The van der Waals surface area contributed by atoms with Crippen molar-refractivity contribution in [2.24, 2.45) is 0 Å². The van der Waals surface area contributed by atoms with Crippen LogP contribution in [0.2, 0.25) is 0 Å². The lowest BCUT2D eigenvalue weighted by Gasteiger charge is -2.20. The van der Waals surface area contributed by atoms with Crippen molar-refractivity contribution in [3.8, 4) is 40.1 Å². The fraction of sp³-hybridized carbons (Fsp3) is 0. The lowest BCUT2D eigenvalue weighted by atomic mass is 9.88. The SMILES string of the molecule is N#Cc1c(-c2ccccc2)c(F)c(-c2ccccc2)c(C#N)c1-n1c2ccccc2c2ccc3c4ccccc4sc3c21. The summed E-state index contributed by atoms with van der Waals surface area (Å²) < 4.78 is 21.1. The van der Waals surface area contributed by atoms with E-state index >= 15 is 4.39 Å². The average Bonchev–Trinajstić information content (AvgIpc) is 3.61. The maximum absolute atomic E-state index is 16.9. The Hall–Kier alpha value is -5.75. The third kappa shape index (κ3) is 3.56. The van der Waals surface area contributed by atoms with Crippen LogP contribution in [-0.2, 0) is 0 Å². The molecular weight excluding hydrogens is 550 g/mol. The van der Waals surface area contributed by atoms with Crippen molar-refractivity contribution in [2.45, 2.75) is 0 Å². The Kier molecular flexibility index (Phi) is 5.62. The van der Waals surface area contributed by atoms with Gasteiger partial charge in [-0.3, -0.25) is 0 Å². The first-order valence-electron chi connectivity index (χ1n) is 13.9. The van der Waals surface area contributed by atoms with Gasteiger partial charge in [-0.05, 0) is 23.3 Å². The third-order valence-electron chi connectivity index (χ3n) is 8.16. The number of benzene rings is 6. The molecule has 0 unspecified atom stereocenters. The highest BCUT2D eigenvalue weighted by molar-refractivity contribution is 7.26. The molecule has 2 aromatic heterocycles. The first kappa shape index (κ1) is 25.0. The van der Waals surface area contributed by atoms with Gasteiger partial charge in [0.1, 0.15) is 18.0 Å². The molecule has 2 heterocycles. The van der Waals surface area contributed by atoms with Crippen LogP contribution < -0.4 is 0 Å². The summed E-state index contributed by atoms with van der Waals surface area (Å²) >= 11 is 1.69. The first-order chi connectivity index (χ1) is 21.2. The smallest absolute Gasteiger partial charge is 0.141 e. The molecule has 0 atom stereocenters. The predicted molar refractivity (Wildman–Crippen MR) is 174 cm³/mol. The molecule has 0 N–H and O–H groups in total. The molecule has 0 saturated heterocycles. The van der Waals surface area contributed by atoms with E-state index in [4.69, 9.17) is 0 Å². The van der Waals surface area contributed by atoms with Crippen molar-refractivity contribution in [2.75, 3.05) is 0 Å². The highest BCUT2D eigenvalue weighted by atomic mass is 32.1. The highest BCUT2D eigenvalue weighted by Crippen LogP contribution is 2.47. The van der Waals surface area contributed by atoms with Gasteiger partial charge in [0.2, 0.25) is 0 Å². The number of halogens is 1. The van der Waals surface area contributed by atoms with E-state index in [1.54, 1.807) is 35.6 Å². The number of nitrogens with zero attached hydrogens (tertiary/aromatic N) is 3. The summed E-state index contributed by atoms with van der Waals surface area (Å²) in [5, 5.41) is 25.9. The van der Waals surface area contributed by atoms with Gasteiger partial charge in [-0.15, -0.1) is 11.3 Å². The Morgan fingerprint density at radius 2 is 1.09 bits per heavy atom. The van der Waals surface area contributed by atoms with Crippen LogP contribution in [-0.4, -0.2) is 4.57 Å². The molecule has 3 nitrogen and oxygen atoms in total. The molecule has 200 valence electrons. The van der Waals surface area contributed by atoms with Crippen molar-refractivity contribution >= 4 is 53.3 Å². The van der Waals surface area contributed by atoms with Gasteiger partial charge in [-0.25, -0.2) is 4.39 Å². The Balaban J connectivity index is 1.66. The number of hydrogen-bond acceptors (Lipinski definition) is 3. The van der Waals surface area contributed by atoms with Crippen LogP contribution in [0.3, 0.4) is 0 Å². The molecule has 0 aliphatic rings. The fourth-order valence-electron chi connectivity index (χ4n) is 6.36. The highest BCUT2D eigenvalue weighted by Gasteiger charge is 2.30. The number of rotatable bonds is 3. The van der Waals surface area contributed by atoms with Crippen molar-refractivity contribution in [3.63, 3.8) is 0 Å². The monoisotopic (exact) mass is 569 g/mol. The zero-order chi connectivity index (χ0) is 29.1. The van der Waals surface area contributed by atoms with Crippen LogP contribution >= 0.6 is 11.3 Å². The molecule has 0 spiro atoms. The normalized spacial score (nSPS) is 11.3. The van der Waals surface area contributed by atoms with Gasteiger partial charge in [0.25, 0.3) is 0 Å². The maximum Gasteiger partial charge on any atom is 0.141 e. The Bertz CT molecular complexity index is 2400. The molecule has 0 bridgehead atoms. The summed E-state index contributed by atoms with van der Waals surface area (Å²) in [5.41, 5.74) is 3.91. The summed E-state index contributed by atoms with van der Waals surface area (Å²) in [4.78, 5) is 0. The molecule has 0 radical (unpaired) electrons. The molecule has 0 aliphatic heterocycles. The molecule has 0 aliphatic carbocycles. The molecule has 0 fully saturated rings. The number of aromatic nitrogens is 1. The molecule has 0 saturated carbocycles. The molecule has 8 aromatic rings. The minimum Gasteiger partial charge on any atom is -0.305 e. The topological polar surface area (TPSA) is 52.5 Å². The number of thiophene rings is 1. The number of nitriles is 2. The quantitative estimate of drug-likeness (QED) is 0.213. The van der Waals surface area contributed by atoms with E-state index < -0.39 is 5.82 Å². The number of fused-ring (bicyclic) bond motifs is 7. The van der Waals surface area contributed by atoms with Gasteiger partial charge < -0.3 is 4.57 Å². The standard InChI is InChI=1S/C38H20FN3S/c39-35-33(23-11-3-1-4-12-23)29(21-40)36(30(22-41)34(35)24-13-5-2-6-14-24)42-31-17-9-7-15-25(31)27-19-20-28-26-16-8-10-18-32(26)43-38(28)37(27)42/h1-20H. The van der Waals surface area contributed by atoms with E-state index in [2.05, 4.69) is 42.5 Å². The maximum atomic E-state index is 16.9. The lowest BCUT2D eigenvalue weighted by Crippen LogP contribution is -2.08. The van der Waals surface area contributed by atoms with Crippen molar-refractivity contribution in [3.05, 3.63) is 138 Å². The zero-order valence-corrected chi connectivity index (χ0v) is 23.5. The Morgan fingerprint density at radius 3 is 1.72 bits per heavy atom. The van der Waals surface area contributed by atoms with Crippen LogP contribution in [0.25, 0.3) is 69.9 Å². The van der Waals surface area contributed by atoms with Crippen molar-refractivity contribution in [1.82, 2.24) is 4.57 Å². The summed E-state index contributed by atoms with van der Waals surface area (Å²) in [7, 11) is 0. The van der Waals surface area contributed by atoms with E-state index in [0.29, 0.717) is 16.8 Å². The third-order valence-corrected chi connectivity index (χ3v) is 9.36. The second kappa shape index (κ2) is 9.67. The average molecular weight is 570 g/mol. The van der Waals surface area contributed by atoms with Crippen molar-refractivity contribution in [1.29, 1.82) is 10.5 Å². The van der Waals surface area contributed by atoms with Gasteiger partial charge in [0.05, 0.1) is 32.5 Å². The molecule has 8 rings (SSSR count). The molecular formula is C38H20FN3S. The lowest BCUT2D eigenvalue weighted by molar-refractivity contribution is 0.633. The van der Waals surface area contributed by atoms with E-state index in [1.165, 1.54) is 0 Å². The van der Waals surface area contributed by atoms with Crippen LogP contribution in [0.4, 0.5) is 4.39 Å². The second-order valence-electron chi connectivity index (χ2n) is 10.4. The number of hydrogen-bond donors (Lipinski definition) is 0. The summed E-state index contributed by atoms with van der Waals surface area (Å²) in [6.07, 6.45) is 0. The van der Waals surface area contributed by atoms with E-state index in [0.717, 1.165) is 42.0 Å². The van der Waals surface area contributed by atoms with Gasteiger partial charge >= 0.3 is 0 Å². The molecule has 0 amide bonds. The zero-order valence-electron chi connectivity index (χ0n) is 22.7. The Morgan fingerprint density at radius 1 is 0.558 bits per heavy atom. The van der Waals surface area contributed by atoms with Gasteiger partial charge in [0, 0.05) is 37.4 Å². The molecule has 5 heteroatoms. The van der Waals surface area contributed by atoms with Crippen LogP contribution in [0, 0.1) is 28.5 Å². The van der Waals surface area contributed by atoms with Gasteiger partial charge in [-0.1, -0.05) is 109 Å². The summed E-state index contributed by atoms with van der Waals surface area (Å²) in [6, 6.07) is 43.5. The second-order valence-corrected chi connectivity index (χ2v) is 11.5. The largest absolute Gasteiger partial charge is 0.305 e. The summed E-state index contributed by atoms with van der Waals surface area (Å²) in [5.74, 6) is -0.581. The van der Waals surface area contributed by atoms with Gasteiger partial charge in [-0.2, -0.15) is 10.5 Å². The van der Waals surface area contributed by atoms with E-state index in [1.807, 2.05) is 71.3 Å². The molecule has 43 heavy (non-hydrogen) atoms. The number of para-hydroxylation sites is 1. The van der Waals surface area contributed by atoms with Crippen LogP contribution in [0.1, 0.15) is 11.1 Å². The van der Waals surface area contributed by atoms with Crippen LogP contribution in [0.5, 0.6) is 0 Å². The minimum atomic E-state index is -0.581. The van der Waals surface area contributed by atoms with E-state index in [-0.39, 0.29) is 22.3 Å². The first-order valence-corrected chi connectivity index (χ1v) is 14.7. The Labute approximate surface area is 250 Å². The molecule has 6 aromatic carbocycles. The van der Waals surface area contributed by atoms with Crippen LogP contribution in [0.15, 0.2) is 121 Å². The predicted octanol–water partition coefficient (Wildman–Crippen LogP) is 10.4. The summed E-state index contributed by atoms with van der Waals surface area (Å²) in [6.45, 7) is 0. The van der Waals surface area contributed by atoms with E-state index in [9.17, 15) is 10.5 Å². The minimum absolute atomic E-state index is 0.126.